The van der Waals surface area contributed by atoms with Gasteiger partial charge in [0.15, 0.2) is 0 Å². The molecular formula is C13H26N2O2. The minimum Gasteiger partial charge on any atom is -0.468 e. The van der Waals surface area contributed by atoms with E-state index in [1.54, 1.807) is 0 Å². The summed E-state index contributed by atoms with van der Waals surface area (Å²) in [6, 6.07) is 0.181. The molecule has 1 unspecified atom stereocenters. The van der Waals surface area contributed by atoms with E-state index in [9.17, 15) is 4.79 Å². The molecule has 17 heavy (non-hydrogen) atoms. The lowest BCUT2D eigenvalue weighted by Gasteiger charge is -2.33. The van der Waals surface area contributed by atoms with Crippen LogP contribution in [0, 0.1) is 5.92 Å². The van der Waals surface area contributed by atoms with Crippen molar-refractivity contribution in [3.05, 3.63) is 0 Å². The van der Waals surface area contributed by atoms with Crippen LogP contribution < -0.4 is 5.73 Å². The van der Waals surface area contributed by atoms with E-state index in [2.05, 4.69) is 23.6 Å². The molecule has 0 radical (unpaired) electrons. The molecule has 1 saturated carbocycles. The van der Waals surface area contributed by atoms with Crippen LogP contribution >= 0.6 is 0 Å². The van der Waals surface area contributed by atoms with Crippen molar-refractivity contribution in [3.63, 3.8) is 0 Å². The highest BCUT2D eigenvalue weighted by Crippen LogP contribution is 2.26. The minimum atomic E-state index is -0.482. The number of carbonyl (C=O) groups excluding carboxylic acids is 1. The van der Waals surface area contributed by atoms with Crippen LogP contribution in [0.1, 0.15) is 39.0 Å². The standard InChI is InChI=1S/C13H26N2O2/c1-10-4-6-11(7-5-10)15(2)9-8-12(14)13(16)17-3/h10-12H,4-9,14H2,1-3H3. The fourth-order valence-electron chi connectivity index (χ4n) is 2.48. The summed E-state index contributed by atoms with van der Waals surface area (Å²) in [5, 5.41) is 0. The van der Waals surface area contributed by atoms with E-state index in [1.165, 1.54) is 32.8 Å². The zero-order valence-corrected chi connectivity index (χ0v) is 11.3. The Kier molecular flexibility index (Phi) is 5.92. The molecule has 0 aromatic carbocycles. The Bertz CT molecular complexity index is 238. The number of nitrogens with zero attached hydrogens (tertiary/aromatic N) is 1. The molecule has 0 aromatic rings. The first kappa shape index (κ1) is 14.5. The van der Waals surface area contributed by atoms with Crippen molar-refractivity contribution < 1.29 is 9.53 Å². The lowest BCUT2D eigenvalue weighted by atomic mass is 9.86. The summed E-state index contributed by atoms with van der Waals surface area (Å²) in [4.78, 5) is 13.5. The second-order valence-electron chi connectivity index (χ2n) is 5.31. The van der Waals surface area contributed by atoms with Crippen molar-refractivity contribution in [2.24, 2.45) is 11.7 Å². The van der Waals surface area contributed by atoms with Gasteiger partial charge in [-0.15, -0.1) is 0 Å². The van der Waals surface area contributed by atoms with Gasteiger partial charge in [-0.1, -0.05) is 6.92 Å². The molecular weight excluding hydrogens is 216 g/mol. The predicted octanol–water partition coefficient (Wildman–Crippen LogP) is 1.39. The Balaban J connectivity index is 2.25. The van der Waals surface area contributed by atoms with Crippen LogP contribution in [-0.4, -0.2) is 43.7 Å². The van der Waals surface area contributed by atoms with Gasteiger partial charge in [0.2, 0.25) is 0 Å². The average Bonchev–Trinajstić information content (AvgIpc) is 2.35. The molecule has 0 spiro atoms. The second-order valence-corrected chi connectivity index (χ2v) is 5.31. The van der Waals surface area contributed by atoms with Crippen molar-refractivity contribution in [1.82, 2.24) is 4.90 Å². The van der Waals surface area contributed by atoms with Crippen molar-refractivity contribution >= 4 is 5.97 Å². The van der Waals surface area contributed by atoms with Gasteiger partial charge < -0.3 is 15.4 Å². The van der Waals surface area contributed by atoms with E-state index in [0.29, 0.717) is 12.5 Å². The van der Waals surface area contributed by atoms with Gasteiger partial charge >= 0.3 is 5.97 Å². The Morgan fingerprint density at radius 2 is 2.00 bits per heavy atom. The lowest BCUT2D eigenvalue weighted by Crippen LogP contribution is -2.40. The predicted molar refractivity (Wildman–Crippen MR) is 68.7 cm³/mol. The summed E-state index contributed by atoms with van der Waals surface area (Å²) in [6.45, 7) is 3.19. The van der Waals surface area contributed by atoms with Gasteiger partial charge in [0, 0.05) is 12.6 Å². The molecule has 1 aliphatic rings. The quantitative estimate of drug-likeness (QED) is 0.740. The van der Waals surface area contributed by atoms with Crippen LogP contribution in [0.2, 0.25) is 0 Å². The highest BCUT2D eigenvalue weighted by molar-refractivity contribution is 5.75. The van der Waals surface area contributed by atoms with Crippen LogP contribution in [0.4, 0.5) is 0 Å². The third-order valence-corrected chi connectivity index (χ3v) is 3.91. The highest BCUT2D eigenvalue weighted by Gasteiger charge is 2.22. The number of hydrogen-bond acceptors (Lipinski definition) is 4. The molecule has 0 bridgehead atoms. The fraction of sp³-hybridized carbons (Fsp3) is 0.923. The van der Waals surface area contributed by atoms with Crippen molar-refractivity contribution in [2.75, 3.05) is 20.7 Å². The molecule has 4 nitrogen and oxygen atoms in total. The van der Waals surface area contributed by atoms with E-state index < -0.39 is 6.04 Å². The molecule has 1 aliphatic carbocycles. The van der Waals surface area contributed by atoms with Gasteiger partial charge in [0.25, 0.3) is 0 Å². The maximum absolute atomic E-state index is 11.2. The smallest absolute Gasteiger partial charge is 0.322 e. The molecule has 100 valence electrons. The molecule has 4 heteroatoms. The van der Waals surface area contributed by atoms with E-state index >= 15 is 0 Å². The van der Waals surface area contributed by atoms with Crippen LogP contribution in [0.25, 0.3) is 0 Å². The highest BCUT2D eigenvalue weighted by atomic mass is 16.5. The third-order valence-electron chi connectivity index (χ3n) is 3.91. The largest absolute Gasteiger partial charge is 0.468 e. The van der Waals surface area contributed by atoms with Crippen LogP contribution in [0.15, 0.2) is 0 Å². The molecule has 1 rings (SSSR count). The summed E-state index contributed by atoms with van der Waals surface area (Å²) < 4.78 is 4.62. The van der Waals surface area contributed by atoms with Crippen molar-refractivity contribution in [3.8, 4) is 0 Å². The van der Waals surface area contributed by atoms with E-state index in [0.717, 1.165) is 12.5 Å². The Morgan fingerprint density at radius 3 is 2.53 bits per heavy atom. The second kappa shape index (κ2) is 6.97. The SMILES string of the molecule is COC(=O)C(N)CCN(C)C1CCC(C)CC1. The molecule has 0 saturated heterocycles. The molecule has 0 heterocycles. The lowest BCUT2D eigenvalue weighted by molar-refractivity contribution is -0.142. The maximum atomic E-state index is 11.2. The van der Waals surface area contributed by atoms with Gasteiger partial charge in [-0.25, -0.2) is 0 Å². The summed E-state index contributed by atoms with van der Waals surface area (Å²) in [7, 11) is 3.51. The van der Waals surface area contributed by atoms with Gasteiger partial charge in [-0.05, 0) is 45.1 Å². The minimum absolute atomic E-state index is 0.310. The first-order valence-corrected chi connectivity index (χ1v) is 6.58. The first-order chi connectivity index (χ1) is 8.04. The topological polar surface area (TPSA) is 55.6 Å². The van der Waals surface area contributed by atoms with E-state index in [1.807, 2.05) is 0 Å². The van der Waals surface area contributed by atoms with Gasteiger partial charge in [0.1, 0.15) is 6.04 Å². The number of esters is 1. The van der Waals surface area contributed by atoms with Crippen LogP contribution in [-0.2, 0) is 9.53 Å². The summed E-state index contributed by atoms with van der Waals surface area (Å²) in [5.41, 5.74) is 5.73. The normalized spacial score (nSPS) is 26.9. The van der Waals surface area contributed by atoms with Gasteiger partial charge in [-0.3, -0.25) is 4.79 Å². The monoisotopic (exact) mass is 242 g/mol. The Morgan fingerprint density at radius 1 is 1.41 bits per heavy atom. The number of hydrogen-bond donors (Lipinski definition) is 1. The third kappa shape index (κ3) is 4.64. The van der Waals surface area contributed by atoms with Crippen molar-refractivity contribution in [2.45, 2.75) is 51.1 Å². The summed E-state index contributed by atoms with van der Waals surface area (Å²) in [6.07, 6.45) is 5.85. The van der Waals surface area contributed by atoms with Gasteiger partial charge in [0.05, 0.1) is 7.11 Å². The Labute approximate surface area is 104 Å². The molecule has 2 N–H and O–H groups in total. The van der Waals surface area contributed by atoms with E-state index in [4.69, 9.17) is 5.73 Å². The number of carbonyl (C=O) groups is 1. The number of methoxy groups -OCH3 is 1. The zero-order chi connectivity index (χ0) is 12.8. The fourth-order valence-corrected chi connectivity index (χ4v) is 2.48. The van der Waals surface area contributed by atoms with Crippen LogP contribution in [0.3, 0.4) is 0 Å². The van der Waals surface area contributed by atoms with Crippen LogP contribution in [0.5, 0.6) is 0 Å². The molecule has 1 fully saturated rings. The molecule has 1 atom stereocenters. The number of nitrogens with two attached hydrogens (primary N) is 1. The molecule has 0 aliphatic heterocycles. The first-order valence-electron chi connectivity index (χ1n) is 6.58. The Hall–Kier alpha value is -0.610. The summed E-state index contributed by atoms with van der Waals surface area (Å²) >= 11 is 0. The van der Waals surface area contributed by atoms with E-state index in [-0.39, 0.29) is 5.97 Å². The van der Waals surface area contributed by atoms with Crippen molar-refractivity contribution in [1.29, 1.82) is 0 Å². The zero-order valence-electron chi connectivity index (χ0n) is 11.3. The summed E-state index contributed by atoms with van der Waals surface area (Å²) in [5.74, 6) is 0.563. The molecule has 0 amide bonds. The van der Waals surface area contributed by atoms with Gasteiger partial charge in [-0.2, -0.15) is 0 Å². The number of ether oxygens (including phenoxy) is 1. The maximum Gasteiger partial charge on any atom is 0.322 e. The average molecular weight is 242 g/mol. The number of rotatable bonds is 5. The molecule has 0 aromatic heterocycles.